The first kappa shape index (κ1) is 10.2. The third-order valence-corrected chi connectivity index (χ3v) is 3.71. The lowest BCUT2D eigenvalue weighted by Gasteiger charge is -2.19. The van der Waals surface area contributed by atoms with E-state index in [9.17, 15) is 8.42 Å². The van der Waals surface area contributed by atoms with Gasteiger partial charge in [-0.3, -0.25) is 0 Å². The van der Waals surface area contributed by atoms with E-state index in [4.69, 9.17) is 10.9 Å². The smallest absolute Gasteiger partial charge is 0.160 e. The molecule has 0 aromatic rings. The molecule has 0 aromatic carbocycles. The third-order valence-electron chi connectivity index (χ3n) is 1.65. The number of nitrogens with zero attached hydrogens (tertiary/aromatic N) is 1. The van der Waals surface area contributed by atoms with Gasteiger partial charge in [0.25, 0.3) is 0 Å². The highest BCUT2D eigenvalue weighted by Gasteiger charge is 2.35. The standard InChI is InChI=1S/C5H12N2O3S/c1-5(2,4(6)7-8)11(3,9)10/h8H,1-3H3,(H2,6,7). The lowest BCUT2D eigenvalue weighted by Crippen LogP contribution is -2.44. The first-order valence-corrected chi connectivity index (χ1v) is 4.80. The molecule has 3 N–H and O–H groups in total. The molecule has 0 unspecified atom stereocenters. The monoisotopic (exact) mass is 180 g/mol. The first-order valence-electron chi connectivity index (χ1n) is 2.91. The maximum atomic E-state index is 11.0. The summed E-state index contributed by atoms with van der Waals surface area (Å²) in [6, 6.07) is 0. The molecule has 6 heteroatoms. The van der Waals surface area contributed by atoms with Crippen LogP contribution in [-0.2, 0) is 9.84 Å². The highest BCUT2D eigenvalue weighted by Crippen LogP contribution is 2.14. The number of sulfone groups is 1. The van der Waals surface area contributed by atoms with Gasteiger partial charge in [-0.05, 0) is 13.8 Å². The third kappa shape index (κ3) is 1.83. The summed E-state index contributed by atoms with van der Waals surface area (Å²) in [5.74, 6) is -0.306. The van der Waals surface area contributed by atoms with Crippen LogP contribution >= 0.6 is 0 Å². The SMILES string of the molecule is CC(C)(/C(N)=N/O)S(C)(=O)=O. The summed E-state index contributed by atoms with van der Waals surface area (Å²) in [4.78, 5) is 0. The first-order chi connectivity index (χ1) is 4.73. The highest BCUT2D eigenvalue weighted by atomic mass is 32.2. The van der Waals surface area contributed by atoms with Crippen molar-refractivity contribution in [3.8, 4) is 0 Å². The summed E-state index contributed by atoms with van der Waals surface area (Å²) in [5.41, 5.74) is 5.16. The highest BCUT2D eigenvalue weighted by molar-refractivity contribution is 7.92. The normalized spacial score (nSPS) is 15.0. The van der Waals surface area contributed by atoms with Crippen molar-refractivity contribution in [1.82, 2.24) is 0 Å². The molecule has 0 heterocycles. The summed E-state index contributed by atoms with van der Waals surface area (Å²) in [6.45, 7) is 2.74. The van der Waals surface area contributed by atoms with Gasteiger partial charge in [-0.1, -0.05) is 5.16 Å². The van der Waals surface area contributed by atoms with E-state index >= 15 is 0 Å². The van der Waals surface area contributed by atoms with Crippen molar-refractivity contribution < 1.29 is 13.6 Å². The van der Waals surface area contributed by atoms with Gasteiger partial charge in [0.2, 0.25) is 0 Å². The zero-order chi connectivity index (χ0) is 9.28. The number of amidine groups is 1. The molecule has 66 valence electrons. The Bertz CT molecular complexity index is 265. The minimum atomic E-state index is -3.33. The van der Waals surface area contributed by atoms with Crippen LogP contribution < -0.4 is 5.73 Å². The average Bonchev–Trinajstić information content (AvgIpc) is 1.83. The van der Waals surface area contributed by atoms with Gasteiger partial charge in [-0.15, -0.1) is 0 Å². The van der Waals surface area contributed by atoms with Crippen molar-refractivity contribution in [2.45, 2.75) is 18.6 Å². The van der Waals surface area contributed by atoms with Crippen molar-refractivity contribution in [1.29, 1.82) is 0 Å². The van der Waals surface area contributed by atoms with Crippen molar-refractivity contribution in [3.63, 3.8) is 0 Å². The lowest BCUT2D eigenvalue weighted by atomic mass is 10.2. The van der Waals surface area contributed by atoms with E-state index in [1.807, 2.05) is 0 Å². The average molecular weight is 180 g/mol. The van der Waals surface area contributed by atoms with Crippen molar-refractivity contribution >= 4 is 15.7 Å². The molecule has 0 radical (unpaired) electrons. The Hall–Kier alpha value is -0.780. The topological polar surface area (TPSA) is 92.8 Å². The largest absolute Gasteiger partial charge is 0.409 e. The number of hydrogen-bond donors (Lipinski definition) is 2. The van der Waals surface area contributed by atoms with Gasteiger partial charge in [0, 0.05) is 6.26 Å². The van der Waals surface area contributed by atoms with Gasteiger partial charge < -0.3 is 10.9 Å². The lowest BCUT2D eigenvalue weighted by molar-refractivity contribution is 0.315. The minimum Gasteiger partial charge on any atom is -0.409 e. The van der Waals surface area contributed by atoms with Crippen LogP contribution in [0.4, 0.5) is 0 Å². The zero-order valence-corrected chi connectivity index (χ0v) is 7.51. The van der Waals surface area contributed by atoms with Crippen LogP contribution in [0.5, 0.6) is 0 Å². The fourth-order valence-electron chi connectivity index (χ4n) is 0.310. The molecule has 0 aromatic heterocycles. The molecule has 0 amide bonds. The van der Waals surface area contributed by atoms with Crippen molar-refractivity contribution in [3.05, 3.63) is 0 Å². The van der Waals surface area contributed by atoms with Crippen LogP contribution in [0, 0.1) is 0 Å². The molecule has 0 aliphatic heterocycles. The van der Waals surface area contributed by atoms with Crippen LogP contribution in [0.15, 0.2) is 5.16 Å². The molecule has 0 aliphatic carbocycles. The fraction of sp³-hybridized carbons (Fsp3) is 0.800. The number of oxime groups is 1. The molecular weight excluding hydrogens is 168 g/mol. The van der Waals surface area contributed by atoms with Crippen LogP contribution in [0.3, 0.4) is 0 Å². The van der Waals surface area contributed by atoms with Crippen LogP contribution in [0.25, 0.3) is 0 Å². The Kier molecular flexibility index (Phi) is 2.50. The van der Waals surface area contributed by atoms with Gasteiger partial charge >= 0.3 is 0 Å². The van der Waals surface area contributed by atoms with E-state index in [0.29, 0.717) is 0 Å². The second kappa shape index (κ2) is 2.69. The minimum absolute atomic E-state index is 0.306. The molecule has 0 aliphatic rings. The Balaban J connectivity index is 5.07. The van der Waals surface area contributed by atoms with Crippen LogP contribution in [-0.4, -0.2) is 30.5 Å². The quantitative estimate of drug-likeness (QED) is 0.261. The van der Waals surface area contributed by atoms with E-state index in [-0.39, 0.29) is 5.84 Å². The Morgan fingerprint density at radius 1 is 1.55 bits per heavy atom. The van der Waals surface area contributed by atoms with E-state index in [1.165, 1.54) is 13.8 Å². The second-order valence-corrected chi connectivity index (χ2v) is 5.33. The summed E-state index contributed by atoms with van der Waals surface area (Å²) >= 11 is 0. The van der Waals surface area contributed by atoms with E-state index < -0.39 is 14.6 Å². The van der Waals surface area contributed by atoms with Gasteiger partial charge in [0.05, 0.1) is 0 Å². The Labute approximate surface area is 65.8 Å². The molecule has 11 heavy (non-hydrogen) atoms. The molecule has 0 rings (SSSR count). The summed E-state index contributed by atoms with van der Waals surface area (Å²) in [6.07, 6.45) is 1.03. The number of hydrogen-bond acceptors (Lipinski definition) is 4. The molecule has 0 bridgehead atoms. The summed E-state index contributed by atoms with van der Waals surface area (Å²) in [5, 5.41) is 10.9. The van der Waals surface area contributed by atoms with Crippen LogP contribution in [0.2, 0.25) is 0 Å². The maximum Gasteiger partial charge on any atom is 0.160 e. The molecule has 0 atom stereocenters. The number of nitrogens with two attached hydrogens (primary N) is 1. The van der Waals surface area contributed by atoms with E-state index in [0.717, 1.165) is 6.26 Å². The molecule has 0 fully saturated rings. The number of rotatable bonds is 2. The predicted molar refractivity (Wildman–Crippen MR) is 42.3 cm³/mol. The fourth-order valence-corrected chi connectivity index (χ4v) is 0.731. The van der Waals surface area contributed by atoms with Gasteiger partial charge in [-0.2, -0.15) is 0 Å². The molecule has 0 saturated heterocycles. The second-order valence-electron chi connectivity index (χ2n) is 2.77. The summed E-state index contributed by atoms with van der Waals surface area (Å²) in [7, 11) is -3.33. The zero-order valence-electron chi connectivity index (χ0n) is 6.70. The van der Waals surface area contributed by atoms with Crippen LogP contribution in [0.1, 0.15) is 13.8 Å². The van der Waals surface area contributed by atoms with Crippen molar-refractivity contribution in [2.75, 3.05) is 6.26 Å². The predicted octanol–water partition coefficient (Wildman–Crippen LogP) is -0.444. The van der Waals surface area contributed by atoms with E-state index in [2.05, 4.69) is 5.16 Å². The molecule has 5 nitrogen and oxygen atoms in total. The van der Waals surface area contributed by atoms with Gasteiger partial charge in [0.15, 0.2) is 15.7 Å². The van der Waals surface area contributed by atoms with Gasteiger partial charge in [0.1, 0.15) is 4.75 Å². The van der Waals surface area contributed by atoms with Crippen molar-refractivity contribution in [2.24, 2.45) is 10.9 Å². The molecular formula is C5H12N2O3S. The molecule has 0 spiro atoms. The Morgan fingerprint density at radius 3 is 2.00 bits per heavy atom. The molecule has 0 saturated carbocycles. The summed E-state index contributed by atoms with van der Waals surface area (Å²) < 4.78 is 20.7. The van der Waals surface area contributed by atoms with E-state index in [1.54, 1.807) is 0 Å². The Morgan fingerprint density at radius 2 is 1.91 bits per heavy atom. The maximum absolute atomic E-state index is 11.0. The van der Waals surface area contributed by atoms with Gasteiger partial charge in [-0.25, -0.2) is 8.42 Å².